The number of esters is 1. The summed E-state index contributed by atoms with van der Waals surface area (Å²) in [5, 5.41) is 8.30. The molecule has 33 heavy (non-hydrogen) atoms. The van der Waals surface area contributed by atoms with Crippen molar-refractivity contribution in [1.82, 2.24) is 10.0 Å². The minimum absolute atomic E-state index is 0.00501. The van der Waals surface area contributed by atoms with E-state index in [1.54, 1.807) is 27.8 Å². The highest BCUT2D eigenvalue weighted by molar-refractivity contribution is 7.80. The summed E-state index contributed by atoms with van der Waals surface area (Å²) in [6.45, 7) is 2.25. The number of amides is 1. The summed E-state index contributed by atoms with van der Waals surface area (Å²) < 4.78 is 63.7. The number of β-lactam (4-membered cyclic amide) rings is 1. The zero-order valence-electron chi connectivity index (χ0n) is 21.4. The second-order valence-electron chi connectivity index (χ2n) is 8.05. The summed E-state index contributed by atoms with van der Waals surface area (Å²) >= 11 is 1.11. The van der Waals surface area contributed by atoms with Gasteiger partial charge in [-0.05, 0) is 34.5 Å². The molecule has 1 fully saturated rings. The molecule has 2 rings (SSSR count). The second-order valence-corrected chi connectivity index (χ2v) is 9.91. The number of nitrogens with zero attached hydrogens (tertiary/aromatic N) is 3. The molecule has 1 aliphatic heterocycles. The number of ether oxygens (including phenoxy) is 1. The van der Waals surface area contributed by atoms with Crippen molar-refractivity contribution in [2.75, 3.05) is 19.0 Å². The van der Waals surface area contributed by atoms with E-state index < -0.39 is 70.7 Å². The van der Waals surface area contributed by atoms with Crippen molar-refractivity contribution in [3.63, 3.8) is 0 Å². The van der Waals surface area contributed by atoms with Gasteiger partial charge in [-0.3, -0.25) is 14.1 Å². The van der Waals surface area contributed by atoms with Gasteiger partial charge in [-0.2, -0.15) is 13.5 Å². The third-order valence-electron chi connectivity index (χ3n) is 4.14. The minimum atomic E-state index is -5.23. The second kappa shape index (κ2) is 9.70. The Labute approximate surface area is 199 Å². The van der Waals surface area contributed by atoms with Crippen LogP contribution in [0.15, 0.2) is 10.5 Å². The number of rotatable bonds is 10. The maximum Gasteiger partial charge on any atom is 0.418 e. The van der Waals surface area contributed by atoms with E-state index >= 15 is 0 Å². The third-order valence-corrected chi connectivity index (χ3v) is 5.34. The molecule has 0 spiro atoms. The zero-order valence-corrected chi connectivity index (χ0v) is 20.1. The first kappa shape index (κ1) is 22.2. The van der Waals surface area contributed by atoms with Gasteiger partial charge in [-0.15, -0.1) is 15.6 Å². The summed E-state index contributed by atoms with van der Waals surface area (Å²) in [5.74, 6) is -4.39. The monoisotopic (exact) mass is 509 g/mol. The van der Waals surface area contributed by atoms with Gasteiger partial charge in [-0.1, -0.05) is 5.16 Å². The lowest BCUT2D eigenvalue weighted by atomic mass is 9.74. The lowest BCUT2D eigenvalue weighted by Gasteiger charge is -2.50. The van der Waals surface area contributed by atoms with Crippen molar-refractivity contribution in [3.8, 4) is 0 Å². The van der Waals surface area contributed by atoms with Crippen molar-refractivity contribution in [1.29, 1.82) is 0 Å². The average molecular weight is 510 g/mol. The van der Waals surface area contributed by atoms with Gasteiger partial charge < -0.3 is 14.9 Å². The zero-order chi connectivity index (χ0) is 27.7. The largest absolute Gasteiger partial charge is 0.457 e. The van der Waals surface area contributed by atoms with E-state index in [0.29, 0.717) is 5.13 Å². The summed E-state index contributed by atoms with van der Waals surface area (Å²) in [4.78, 5) is 46.7. The Morgan fingerprint density at radius 2 is 2.12 bits per heavy atom. The number of anilines is 1. The van der Waals surface area contributed by atoms with Gasteiger partial charge in [0.15, 0.2) is 16.6 Å². The Balaban J connectivity index is 2.32. The number of Topliss-reactive ketones (excluding diaryl/α,β-unsaturated/α-hetero) is 1. The molecule has 0 saturated carbocycles. The number of thiazole rings is 1. The van der Waals surface area contributed by atoms with Crippen LogP contribution in [0.4, 0.5) is 5.13 Å². The van der Waals surface area contributed by atoms with Crippen LogP contribution in [-0.4, -0.2) is 71.2 Å². The van der Waals surface area contributed by atoms with Crippen molar-refractivity contribution in [3.05, 3.63) is 11.1 Å². The molecule has 1 aliphatic rings. The molecule has 0 aromatic carbocycles. The molecule has 1 aromatic rings. The average Bonchev–Trinajstić information content (AvgIpc) is 3.19. The molecule has 0 unspecified atom stereocenters. The smallest absolute Gasteiger partial charge is 0.418 e. The molecule has 2 N–H and O–H groups in total. The molecule has 1 saturated heterocycles. The van der Waals surface area contributed by atoms with Gasteiger partial charge in [-0.25, -0.2) is 9.78 Å². The van der Waals surface area contributed by atoms with Crippen molar-refractivity contribution < 1.29 is 45.3 Å². The van der Waals surface area contributed by atoms with E-state index in [1.165, 1.54) is 5.38 Å². The molecule has 15 heteroatoms. The Hall–Kier alpha value is -2.62. The molecule has 0 radical (unpaired) electrons. The van der Waals surface area contributed by atoms with Crippen LogP contribution in [0, 0.1) is 5.92 Å². The summed E-state index contributed by atoms with van der Waals surface area (Å²) in [6.07, 6.45) is -0.750. The van der Waals surface area contributed by atoms with E-state index in [0.717, 1.165) is 18.3 Å². The summed E-state index contributed by atoms with van der Waals surface area (Å²) in [7, 11) is -3.64. The number of nitrogens with one attached hydrogen (secondary N) is 1. The summed E-state index contributed by atoms with van der Waals surface area (Å²) in [5.41, 5.74) is -3.46. The Kier molecular flexibility index (Phi) is 6.52. The fourth-order valence-corrected chi connectivity index (χ4v) is 3.79. The van der Waals surface area contributed by atoms with Gasteiger partial charge in [0.1, 0.15) is 11.3 Å². The van der Waals surface area contributed by atoms with E-state index in [1.807, 2.05) is 0 Å². The quantitative estimate of drug-likeness (QED) is 0.152. The number of hydrogen-bond acceptors (Lipinski definition) is 12. The lowest BCUT2D eigenvalue weighted by Crippen LogP contribution is -2.68. The Morgan fingerprint density at radius 1 is 1.45 bits per heavy atom. The molecule has 1 aromatic heterocycles. The first-order valence-electron chi connectivity index (χ1n) is 10.9. The molecule has 2 heterocycles. The van der Waals surface area contributed by atoms with Crippen LogP contribution < -0.4 is 5.32 Å². The number of carbonyl (C=O) groups excluding carboxylic acids is 3. The Bertz CT molecular complexity index is 1160. The van der Waals surface area contributed by atoms with E-state index in [9.17, 15) is 22.8 Å². The van der Waals surface area contributed by atoms with E-state index in [2.05, 4.69) is 19.7 Å². The number of hydrogen-bond donors (Lipinski definition) is 2. The van der Waals surface area contributed by atoms with Crippen LogP contribution in [0.5, 0.6) is 0 Å². The predicted molar refractivity (Wildman–Crippen MR) is 117 cm³/mol. The minimum Gasteiger partial charge on any atom is -0.457 e. The molecule has 184 valence electrons. The predicted octanol–water partition coefficient (Wildman–Crippen LogP) is 1.18. The fourth-order valence-electron chi connectivity index (χ4n) is 2.72. The van der Waals surface area contributed by atoms with E-state index in [-0.39, 0.29) is 10.8 Å². The van der Waals surface area contributed by atoms with Crippen LogP contribution >= 0.6 is 11.3 Å². The van der Waals surface area contributed by atoms with Crippen LogP contribution in [0.2, 0.25) is 0 Å². The molecule has 1 amide bonds. The van der Waals surface area contributed by atoms with Crippen LogP contribution in [0.25, 0.3) is 0 Å². The topological polar surface area (TPSA) is 174 Å². The third kappa shape index (κ3) is 6.93. The van der Waals surface area contributed by atoms with Crippen molar-refractivity contribution in [2.45, 2.75) is 52.1 Å². The van der Waals surface area contributed by atoms with Crippen molar-refractivity contribution >= 4 is 50.2 Å². The van der Waals surface area contributed by atoms with Crippen molar-refractivity contribution in [2.24, 2.45) is 11.1 Å². The highest BCUT2D eigenvalue weighted by Crippen LogP contribution is 2.40. The van der Waals surface area contributed by atoms with E-state index in [4.69, 9.17) is 18.2 Å². The Morgan fingerprint density at radius 3 is 2.64 bits per heavy atom. The molecule has 2 atom stereocenters. The number of hydroxylamine groups is 2. The standard InChI is InChI=1S/C18H26N4O9S2/c1-17(2,3)30-13(24)8-29-21-14(11-9-32-16(19-6)20-11)12(23)7-10-15(25)22(18(10,4)5)31-33(26,27)28/h9-10H,7-8H2,1-6H3,(H,19,20)(H,26,27,28)/b21-14-/t10-/m1/s1/i4D3/t10-,18+. The molecular formula is C18H26N4O9S2. The van der Waals surface area contributed by atoms with Gasteiger partial charge in [0, 0.05) is 23.0 Å². The molecule has 0 bridgehead atoms. The first-order chi connectivity index (χ1) is 16.3. The maximum atomic E-state index is 13.2. The normalized spacial score (nSPS) is 23.2. The summed E-state index contributed by atoms with van der Waals surface area (Å²) in [6, 6.07) is 0. The fraction of sp³-hybridized carbons (Fsp3) is 0.611. The number of ketones is 1. The van der Waals surface area contributed by atoms with Gasteiger partial charge in [0.2, 0.25) is 6.61 Å². The van der Waals surface area contributed by atoms with Gasteiger partial charge in [0.25, 0.3) is 5.91 Å². The van der Waals surface area contributed by atoms with Crippen LogP contribution in [0.3, 0.4) is 0 Å². The number of oxime groups is 1. The maximum absolute atomic E-state index is 13.2. The highest BCUT2D eigenvalue weighted by atomic mass is 32.3. The molecule has 13 nitrogen and oxygen atoms in total. The van der Waals surface area contributed by atoms with Crippen LogP contribution in [-0.2, 0) is 38.6 Å². The van der Waals surface area contributed by atoms with Gasteiger partial charge in [0.05, 0.1) is 11.5 Å². The SMILES string of the molecule is [2H]C([2H])([2H])[C@]1(C)[C@H](CC(=O)/C(=N\OCC(=O)OC(C)(C)C)c2csc(NC)n2)C(=O)N1OS(=O)(=O)O. The van der Waals surface area contributed by atoms with Crippen LogP contribution in [0.1, 0.15) is 50.8 Å². The number of carbonyl (C=O) groups is 3. The highest BCUT2D eigenvalue weighted by Gasteiger charge is 2.57. The number of aromatic nitrogens is 1. The van der Waals surface area contributed by atoms with Gasteiger partial charge >= 0.3 is 16.4 Å². The molecule has 0 aliphatic carbocycles. The lowest BCUT2D eigenvalue weighted by molar-refractivity contribution is -0.228. The first-order valence-corrected chi connectivity index (χ1v) is 11.6. The molecular weight excluding hydrogens is 480 g/mol.